The van der Waals surface area contributed by atoms with Crippen LogP contribution in [-0.2, 0) is 0 Å². The molecular weight excluding hydrogens is 201 g/mol. The third-order valence-corrected chi connectivity index (χ3v) is 0.833. The molecule has 1 atom stereocenters. The number of halogens is 1. The molecule has 0 aromatic rings. The van der Waals surface area contributed by atoms with Crippen molar-refractivity contribution in [1.29, 1.82) is 5.26 Å². The van der Waals surface area contributed by atoms with E-state index in [0.29, 0.717) is 0 Å². The van der Waals surface area contributed by atoms with E-state index in [1.807, 2.05) is 13.8 Å². The van der Waals surface area contributed by atoms with Crippen LogP contribution in [0.2, 0.25) is 0 Å². The lowest BCUT2D eigenvalue weighted by molar-refractivity contribution is -0.00000168. The highest BCUT2D eigenvalue weighted by Gasteiger charge is 1.88. The van der Waals surface area contributed by atoms with Gasteiger partial charge in [-0.3, -0.25) is 0 Å². The highest BCUT2D eigenvalue weighted by atomic mass is 127. The van der Waals surface area contributed by atoms with E-state index in [1.54, 1.807) is 0 Å². The Hall–Kier alpha value is 0.220. The van der Waals surface area contributed by atoms with Crippen molar-refractivity contribution in [2.75, 3.05) is 0 Å². The van der Waals surface area contributed by atoms with Crippen molar-refractivity contribution in [2.45, 2.75) is 20.3 Å². The Kier molecular flexibility index (Phi) is 9.11. The van der Waals surface area contributed by atoms with Crippen molar-refractivity contribution in [1.82, 2.24) is 0 Å². The second-order valence-corrected chi connectivity index (χ2v) is 1.44. The summed E-state index contributed by atoms with van der Waals surface area (Å²) in [5.41, 5.74) is 0. The zero-order valence-electron chi connectivity index (χ0n) is 4.61. The Morgan fingerprint density at radius 2 is 2.14 bits per heavy atom. The van der Waals surface area contributed by atoms with Gasteiger partial charge in [-0.15, -0.1) is 0 Å². The molecule has 0 heterocycles. The van der Waals surface area contributed by atoms with Crippen LogP contribution in [0.1, 0.15) is 20.3 Å². The van der Waals surface area contributed by atoms with Gasteiger partial charge in [0.25, 0.3) is 0 Å². The van der Waals surface area contributed by atoms with Gasteiger partial charge in [-0.25, -0.2) is 0 Å². The minimum Gasteiger partial charge on any atom is -1.00 e. The topological polar surface area (TPSA) is 23.8 Å². The first-order chi connectivity index (χ1) is 2.81. The molecule has 0 radical (unpaired) electrons. The molecule has 0 spiro atoms. The van der Waals surface area contributed by atoms with Crippen molar-refractivity contribution in [2.24, 2.45) is 5.92 Å². The van der Waals surface area contributed by atoms with Crippen LogP contribution in [0.25, 0.3) is 0 Å². The van der Waals surface area contributed by atoms with E-state index in [-0.39, 0.29) is 29.9 Å². The SMILES string of the molecule is CCC(C)C#N.[I-]. The molecule has 0 aliphatic heterocycles. The van der Waals surface area contributed by atoms with Gasteiger partial charge >= 0.3 is 0 Å². The summed E-state index contributed by atoms with van der Waals surface area (Å²) in [7, 11) is 0. The van der Waals surface area contributed by atoms with Crippen LogP contribution >= 0.6 is 0 Å². The van der Waals surface area contributed by atoms with Crippen LogP contribution in [-0.4, -0.2) is 0 Å². The van der Waals surface area contributed by atoms with Crippen molar-refractivity contribution < 1.29 is 24.0 Å². The van der Waals surface area contributed by atoms with E-state index < -0.39 is 0 Å². The standard InChI is InChI=1S/C5H9N.HI/c1-3-5(2)4-6;/h5H,3H2,1-2H3;1H/p-1. The minimum absolute atomic E-state index is 0. The summed E-state index contributed by atoms with van der Waals surface area (Å²) in [5, 5.41) is 8.08. The highest BCUT2D eigenvalue weighted by Crippen LogP contribution is 1.94. The average molecular weight is 210 g/mol. The molecule has 0 rings (SSSR count). The fourth-order valence-corrected chi connectivity index (χ4v) is 0.0913. The molecule has 0 aliphatic rings. The fraction of sp³-hybridized carbons (Fsp3) is 0.800. The third kappa shape index (κ3) is 6.22. The molecule has 0 saturated heterocycles. The van der Waals surface area contributed by atoms with Crippen LogP contribution in [0.5, 0.6) is 0 Å². The Morgan fingerprint density at radius 1 is 1.71 bits per heavy atom. The fourth-order valence-electron chi connectivity index (χ4n) is 0.0913. The smallest absolute Gasteiger partial charge is 0.0652 e. The Balaban J connectivity index is 0. The van der Waals surface area contributed by atoms with Crippen LogP contribution in [0.3, 0.4) is 0 Å². The van der Waals surface area contributed by atoms with Gasteiger partial charge in [0, 0.05) is 5.92 Å². The molecule has 7 heavy (non-hydrogen) atoms. The first kappa shape index (κ1) is 10.3. The van der Waals surface area contributed by atoms with Crippen molar-refractivity contribution in [3.63, 3.8) is 0 Å². The molecule has 2 heteroatoms. The monoisotopic (exact) mass is 210 g/mol. The van der Waals surface area contributed by atoms with E-state index >= 15 is 0 Å². The van der Waals surface area contributed by atoms with Gasteiger partial charge in [-0.05, 0) is 13.3 Å². The maximum atomic E-state index is 8.08. The molecule has 0 aromatic carbocycles. The molecule has 0 aromatic heterocycles. The molecule has 0 fully saturated rings. The quantitative estimate of drug-likeness (QED) is 0.486. The molecular formula is C5H9IN-. The highest BCUT2D eigenvalue weighted by molar-refractivity contribution is 4.76. The number of rotatable bonds is 1. The van der Waals surface area contributed by atoms with E-state index in [2.05, 4.69) is 6.07 Å². The number of hydrogen-bond acceptors (Lipinski definition) is 1. The molecule has 0 aliphatic carbocycles. The third-order valence-electron chi connectivity index (χ3n) is 0.833. The van der Waals surface area contributed by atoms with E-state index in [1.165, 1.54) is 0 Å². The van der Waals surface area contributed by atoms with Gasteiger partial charge in [0.2, 0.25) is 0 Å². The van der Waals surface area contributed by atoms with Gasteiger partial charge in [0.1, 0.15) is 0 Å². The molecule has 42 valence electrons. The zero-order chi connectivity index (χ0) is 4.99. The predicted molar refractivity (Wildman–Crippen MR) is 25.1 cm³/mol. The molecule has 1 nitrogen and oxygen atoms in total. The van der Waals surface area contributed by atoms with Crippen molar-refractivity contribution >= 4 is 0 Å². The van der Waals surface area contributed by atoms with Crippen molar-refractivity contribution in [3.8, 4) is 6.07 Å². The van der Waals surface area contributed by atoms with E-state index in [9.17, 15) is 0 Å². The Labute approximate surface area is 61.7 Å². The Morgan fingerprint density at radius 3 is 2.14 bits per heavy atom. The van der Waals surface area contributed by atoms with Crippen LogP contribution in [0.15, 0.2) is 0 Å². The normalized spacial score (nSPS) is 11.0. The lowest BCUT2D eigenvalue weighted by Gasteiger charge is -1.87. The molecule has 0 saturated carbocycles. The number of nitrogens with zero attached hydrogens (tertiary/aromatic N) is 1. The van der Waals surface area contributed by atoms with Gasteiger partial charge in [0.05, 0.1) is 6.07 Å². The van der Waals surface area contributed by atoms with Crippen molar-refractivity contribution in [3.05, 3.63) is 0 Å². The zero-order valence-corrected chi connectivity index (χ0v) is 6.77. The first-order valence-corrected chi connectivity index (χ1v) is 2.20. The van der Waals surface area contributed by atoms with Gasteiger partial charge in [-0.2, -0.15) is 5.26 Å². The maximum absolute atomic E-state index is 8.08. The number of nitriles is 1. The second kappa shape index (κ2) is 6.22. The summed E-state index contributed by atoms with van der Waals surface area (Å²) in [5.74, 6) is 0.241. The summed E-state index contributed by atoms with van der Waals surface area (Å²) in [6, 6.07) is 2.11. The van der Waals surface area contributed by atoms with Gasteiger partial charge in [-0.1, -0.05) is 6.92 Å². The van der Waals surface area contributed by atoms with Gasteiger partial charge in [0.15, 0.2) is 0 Å². The maximum Gasteiger partial charge on any atom is 0.0652 e. The van der Waals surface area contributed by atoms with Crippen LogP contribution in [0, 0.1) is 17.2 Å². The molecule has 0 N–H and O–H groups in total. The second-order valence-electron chi connectivity index (χ2n) is 1.44. The summed E-state index contributed by atoms with van der Waals surface area (Å²) in [4.78, 5) is 0. The molecule has 0 bridgehead atoms. The minimum atomic E-state index is 0. The summed E-state index contributed by atoms with van der Waals surface area (Å²) in [6.07, 6.45) is 0.969. The molecule has 1 unspecified atom stereocenters. The summed E-state index contributed by atoms with van der Waals surface area (Å²) in [6.45, 7) is 3.92. The lowest BCUT2D eigenvalue weighted by Crippen LogP contribution is -3.00. The van der Waals surface area contributed by atoms with Crippen LogP contribution < -0.4 is 24.0 Å². The van der Waals surface area contributed by atoms with E-state index in [4.69, 9.17) is 5.26 Å². The summed E-state index contributed by atoms with van der Waals surface area (Å²) >= 11 is 0. The largest absolute Gasteiger partial charge is 1.00 e. The average Bonchev–Trinajstić information content (AvgIpc) is 1.65. The van der Waals surface area contributed by atoms with E-state index in [0.717, 1.165) is 6.42 Å². The predicted octanol–water partition coefficient (Wildman–Crippen LogP) is -1.44. The lowest BCUT2D eigenvalue weighted by atomic mass is 10.2. The Bertz CT molecular complexity index is 65.0. The first-order valence-electron chi connectivity index (χ1n) is 2.20. The molecule has 0 amide bonds. The van der Waals surface area contributed by atoms with Crippen LogP contribution in [0.4, 0.5) is 0 Å². The number of hydrogen-bond donors (Lipinski definition) is 0. The van der Waals surface area contributed by atoms with Gasteiger partial charge < -0.3 is 24.0 Å². The summed E-state index contributed by atoms with van der Waals surface area (Å²) < 4.78 is 0.